The predicted molar refractivity (Wildman–Crippen MR) is 107 cm³/mol. The summed E-state index contributed by atoms with van der Waals surface area (Å²) in [5.74, 6) is -0.108. The van der Waals surface area contributed by atoms with Crippen LogP contribution in [0.25, 0.3) is 0 Å². The van der Waals surface area contributed by atoms with Gasteiger partial charge in [0.15, 0.2) is 5.17 Å². The molecule has 2 heterocycles. The van der Waals surface area contributed by atoms with Gasteiger partial charge in [0.05, 0.1) is 6.61 Å². The average molecular weight is 447 g/mol. The number of thioether (sulfide) groups is 1. The van der Waals surface area contributed by atoms with Gasteiger partial charge in [0.2, 0.25) is 0 Å². The number of alkyl halides is 3. The Bertz CT molecular complexity index is 841. The van der Waals surface area contributed by atoms with Gasteiger partial charge in [-0.25, -0.2) is 4.79 Å². The lowest BCUT2D eigenvalue weighted by Gasteiger charge is -2.44. The summed E-state index contributed by atoms with van der Waals surface area (Å²) in [6, 6.07) is 3.98. The standard InChI is InChI=1S/C19H24F3N3O4S/c1-17(2,3)29-16(26)24-15-25-18(6-7-27-9-11(18)10-30-15)13-8-12(23)4-5-14(13)28-19(20,21)22/h4-5,8,11H,6-7,9-10,23H2,1-3H3,(H,24,25,26)/t11-,18-/m0/s1. The van der Waals surface area contributed by atoms with Crippen LogP contribution in [0.4, 0.5) is 23.7 Å². The van der Waals surface area contributed by atoms with Gasteiger partial charge in [-0.15, -0.1) is 13.2 Å². The highest BCUT2D eigenvalue weighted by Gasteiger charge is 2.48. The molecule has 0 unspecified atom stereocenters. The summed E-state index contributed by atoms with van der Waals surface area (Å²) in [4.78, 5) is 16.9. The number of benzene rings is 1. The first kappa shape index (κ1) is 22.5. The second-order valence-electron chi connectivity index (χ2n) is 8.10. The number of nitrogens with two attached hydrogens (primary N) is 1. The molecular weight excluding hydrogens is 423 g/mol. The van der Waals surface area contributed by atoms with Gasteiger partial charge in [-0.3, -0.25) is 10.3 Å². The molecule has 1 amide bonds. The molecule has 0 radical (unpaired) electrons. The number of anilines is 1. The van der Waals surface area contributed by atoms with Crippen molar-refractivity contribution in [2.45, 2.75) is 44.7 Å². The molecule has 0 aromatic heterocycles. The number of nitrogens with zero attached hydrogens (tertiary/aromatic N) is 1. The lowest BCUT2D eigenvalue weighted by Crippen LogP contribution is -2.48. The number of fused-ring (bicyclic) bond motifs is 1. The van der Waals surface area contributed by atoms with Gasteiger partial charge >= 0.3 is 12.5 Å². The van der Waals surface area contributed by atoms with E-state index in [4.69, 9.17) is 20.2 Å². The molecule has 1 fully saturated rings. The number of amides is 1. The quantitative estimate of drug-likeness (QED) is 0.665. The van der Waals surface area contributed by atoms with Crippen LogP contribution in [0.2, 0.25) is 0 Å². The van der Waals surface area contributed by atoms with Gasteiger partial charge in [0.1, 0.15) is 16.9 Å². The van der Waals surface area contributed by atoms with Crippen LogP contribution >= 0.6 is 11.8 Å². The van der Waals surface area contributed by atoms with E-state index < -0.39 is 23.6 Å². The highest BCUT2D eigenvalue weighted by Crippen LogP contribution is 2.49. The molecule has 0 bridgehead atoms. The van der Waals surface area contributed by atoms with Crippen molar-refractivity contribution >= 4 is 28.7 Å². The largest absolute Gasteiger partial charge is 0.573 e. The second-order valence-corrected chi connectivity index (χ2v) is 9.11. The second kappa shape index (κ2) is 8.18. The van der Waals surface area contributed by atoms with Crippen LogP contribution in [-0.2, 0) is 15.0 Å². The smallest absolute Gasteiger partial charge is 0.444 e. The maximum atomic E-state index is 13.0. The van der Waals surface area contributed by atoms with E-state index in [1.165, 1.54) is 30.0 Å². The Balaban J connectivity index is 2.02. The predicted octanol–water partition coefficient (Wildman–Crippen LogP) is 4.03. The summed E-state index contributed by atoms with van der Waals surface area (Å²) in [6.45, 7) is 5.80. The van der Waals surface area contributed by atoms with E-state index in [2.05, 4.69) is 10.1 Å². The van der Waals surface area contributed by atoms with E-state index in [1.807, 2.05) is 0 Å². The number of nitrogen functional groups attached to an aromatic ring is 1. The monoisotopic (exact) mass is 447 g/mol. The van der Waals surface area contributed by atoms with Crippen LogP contribution in [-0.4, -0.2) is 42.2 Å². The lowest BCUT2D eigenvalue weighted by molar-refractivity contribution is -0.275. The fourth-order valence-corrected chi connectivity index (χ4v) is 4.60. The fraction of sp³-hybridized carbons (Fsp3) is 0.579. The van der Waals surface area contributed by atoms with Crippen LogP contribution in [0.3, 0.4) is 0 Å². The number of ether oxygens (including phenoxy) is 3. The highest BCUT2D eigenvalue weighted by molar-refractivity contribution is 8.13. The molecule has 0 aliphatic carbocycles. The van der Waals surface area contributed by atoms with Crippen LogP contribution in [0.1, 0.15) is 32.8 Å². The number of nitrogens with one attached hydrogen (secondary N) is 1. The molecule has 166 valence electrons. The van der Waals surface area contributed by atoms with Crippen LogP contribution < -0.4 is 15.8 Å². The third-order valence-corrected chi connectivity index (χ3v) is 5.68. The molecule has 1 aromatic rings. The van der Waals surface area contributed by atoms with Crippen molar-refractivity contribution in [1.82, 2.24) is 5.32 Å². The minimum Gasteiger partial charge on any atom is -0.444 e. The zero-order valence-electron chi connectivity index (χ0n) is 16.8. The number of hydrogen-bond donors (Lipinski definition) is 2. The number of aliphatic imine (C=N–C) groups is 1. The third kappa shape index (κ3) is 5.31. The van der Waals surface area contributed by atoms with E-state index in [0.717, 1.165) is 0 Å². The van der Waals surface area contributed by atoms with Crippen molar-refractivity contribution in [2.75, 3.05) is 24.7 Å². The molecule has 1 aromatic carbocycles. The number of hydrogen-bond acceptors (Lipinski definition) is 7. The van der Waals surface area contributed by atoms with Gasteiger partial charge in [0.25, 0.3) is 0 Å². The zero-order chi connectivity index (χ0) is 22.2. The molecule has 0 spiro atoms. The van der Waals surface area contributed by atoms with Crippen LogP contribution in [0.5, 0.6) is 5.75 Å². The van der Waals surface area contributed by atoms with E-state index >= 15 is 0 Å². The van der Waals surface area contributed by atoms with E-state index in [-0.39, 0.29) is 28.1 Å². The van der Waals surface area contributed by atoms with Crippen molar-refractivity contribution in [2.24, 2.45) is 10.9 Å². The molecule has 3 rings (SSSR count). The van der Waals surface area contributed by atoms with Crippen molar-refractivity contribution in [3.63, 3.8) is 0 Å². The van der Waals surface area contributed by atoms with Crippen molar-refractivity contribution in [1.29, 1.82) is 0 Å². The molecule has 3 N–H and O–H groups in total. The van der Waals surface area contributed by atoms with Crippen LogP contribution in [0.15, 0.2) is 23.2 Å². The molecule has 11 heteroatoms. The number of carbonyl (C=O) groups excluding carboxylic acids is 1. The minimum atomic E-state index is -4.87. The molecule has 2 atom stereocenters. The Morgan fingerprint density at radius 3 is 2.77 bits per heavy atom. The maximum Gasteiger partial charge on any atom is 0.573 e. The minimum absolute atomic E-state index is 0.219. The molecule has 7 nitrogen and oxygen atoms in total. The first-order valence-corrected chi connectivity index (χ1v) is 10.3. The van der Waals surface area contributed by atoms with Crippen molar-refractivity contribution in [3.8, 4) is 5.75 Å². The summed E-state index contributed by atoms with van der Waals surface area (Å²) in [5.41, 5.74) is 4.61. The molecule has 1 saturated heterocycles. The zero-order valence-corrected chi connectivity index (χ0v) is 17.7. The number of rotatable bonds is 2. The average Bonchev–Trinajstić information content (AvgIpc) is 2.60. The molecule has 2 aliphatic rings. The Labute approximate surface area is 176 Å². The Morgan fingerprint density at radius 1 is 1.37 bits per heavy atom. The first-order chi connectivity index (χ1) is 13.9. The topological polar surface area (TPSA) is 95.2 Å². The van der Waals surface area contributed by atoms with Crippen molar-refractivity contribution in [3.05, 3.63) is 23.8 Å². The normalized spacial score (nSPS) is 24.5. The van der Waals surface area contributed by atoms with Gasteiger partial charge in [-0.1, -0.05) is 11.8 Å². The Hall–Kier alpha value is -2.14. The van der Waals surface area contributed by atoms with Crippen LogP contribution in [0, 0.1) is 5.92 Å². The van der Waals surface area contributed by atoms with E-state index in [0.29, 0.717) is 25.4 Å². The van der Waals surface area contributed by atoms with E-state index in [1.54, 1.807) is 20.8 Å². The Kier molecular flexibility index (Phi) is 6.15. The Morgan fingerprint density at radius 2 is 2.10 bits per heavy atom. The number of amidine groups is 1. The highest BCUT2D eigenvalue weighted by atomic mass is 32.2. The van der Waals surface area contributed by atoms with Gasteiger partial charge in [-0.2, -0.15) is 0 Å². The number of carbonyl (C=O) groups is 1. The SMILES string of the molecule is CC(C)(C)OC(=O)NC1=N[C@@]2(c3cc(N)ccc3OC(F)(F)F)CCOC[C@H]2CS1. The molecule has 30 heavy (non-hydrogen) atoms. The summed E-state index contributed by atoms with van der Waals surface area (Å²) < 4.78 is 54.2. The number of halogens is 3. The van der Waals surface area contributed by atoms with Gasteiger partial charge in [-0.05, 0) is 39.0 Å². The first-order valence-electron chi connectivity index (χ1n) is 9.34. The lowest BCUT2D eigenvalue weighted by atomic mass is 9.75. The molecular formula is C19H24F3N3O4S. The summed E-state index contributed by atoms with van der Waals surface area (Å²) >= 11 is 1.28. The fourth-order valence-electron chi connectivity index (χ4n) is 3.49. The van der Waals surface area contributed by atoms with Crippen molar-refractivity contribution < 1.29 is 32.2 Å². The van der Waals surface area contributed by atoms with E-state index in [9.17, 15) is 18.0 Å². The van der Waals surface area contributed by atoms with Gasteiger partial charge in [0, 0.05) is 35.9 Å². The van der Waals surface area contributed by atoms with Gasteiger partial charge < -0.3 is 19.9 Å². The number of alkyl carbamates (subject to hydrolysis) is 1. The summed E-state index contributed by atoms with van der Waals surface area (Å²) in [5, 5.41) is 2.87. The maximum absolute atomic E-state index is 13.0. The summed E-state index contributed by atoms with van der Waals surface area (Å²) in [6.07, 6.45) is -5.24. The summed E-state index contributed by atoms with van der Waals surface area (Å²) in [7, 11) is 0. The molecule has 0 saturated carbocycles. The third-order valence-electron chi connectivity index (χ3n) is 4.65. The molecule has 2 aliphatic heterocycles.